The second-order valence-corrected chi connectivity index (χ2v) is 7.47. The summed E-state index contributed by atoms with van der Waals surface area (Å²) in [6.07, 6.45) is 13.6. The number of nitrogens with two attached hydrogens (primary N) is 1. The maximum absolute atomic E-state index is 6.25. The van der Waals surface area contributed by atoms with Crippen molar-refractivity contribution >= 4 is 0 Å². The molecule has 0 aromatic rings. The fourth-order valence-electron chi connectivity index (χ4n) is 5.23. The molecule has 1 aliphatic heterocycles. The first kappa shape index (κ1) is 15.7. The van der Waals surface area contributed by atoms with Crippen molar-refractivity contribution < 1.29 is 9.47 Å². The third kappa shape index (κ3) is 3.00. The molecule has 1 spiro atoms. The van der Waals surface area contributed by atoms with E-state index in [0.717, 1.165) is 32.3 Å². The molecule has 1 heterocycles. The highest BCUT2D eigenvalue weighted by atomic mass is 16.5. The van der Waals surface area contributed by atoms with Crippen LogP contribution < -0.4 is 11.3 Å². The summed E-state index contributed by atoms with van der Waals surface area (Å²) in [6.45, 7) is 0.892. The van der Waals surface area contributed by atoms with Crippen LogP contribution in [-0.2, 0) is 9.47 Å². The second-order valence-electron chi connectivity index (χ2n) is 7.47. The monoisotopic (exact) mass is 296 g/mol. The van der Waals surface area contributed by atoms with Crippen LogP contribution in [0.2, 0.25) is 0 Å². The van der Waals surface area contributed by atoms with Gasteiger partial charge in [0.05, 0.1) is 17.2 Å². The Bertz CT molecular complexity index is 330. The van der Waals surface area contributed by atoms with Crippen LogP contribution in [0.1, 0.15) is 70.6 Å². The van der Waals surface area contributed by atoms with Crippen LogP contribution in [0, 0.1) is 5.92 Å². The maximum Gasteiger partial charge on any atom is 0.0847 e. The van der Waals surface area contributed by atoms with Gasteiger partial charge in [-0.3, -0.25) is 11.3 Å². The molecule has 2 aliphatic carbocycles. The molecule has 0 aromatic carbocycles. The standard InChI is InChI=1S/C17H32N2O2/c1-20-17(10-5-6-11-17)15(19-18)14-7-12-21-16(13-14)8-3-2-4-9-16/h14-15,19H,2-13,18H2,1H3. The van der Waals surface area contributed by atoms with E-state index in [1.54, 1.807) is 0 Å². The highest BCUT2D eigenvalue weighted by Gasteiger charge is 2.48. The van der Waals surface area contributed by atoms with Gasteiger partial charge in [-0.25, -0.2) is 0 Å². The molecule has 3 N–H and O–H groups in total. The fraction of sp³-hybridized carbons (Fsp3) is 1.00. The predicted octanol–water partition coefficient (Wildman–Crippen LogP) is 2.91. The number of methoxy groups -OCH3 is 1. The summed E-state index contributed by atoms with van der Waals surface area (Å²) < 4.78 is 12.2. The molecule has 2 atom stereocenters. The molecule has 0 amide bonds. The van der Waals surface area contributed by atoms with Gasteiger partial charge in [-0.15, -0.1) is 0 Å². The van der Waals surface area contributed by atoms with Crippen LogP contribution in [0.15, 0.2) is 0 Å². The van der Waals surface area contributed by atoms with Crippen LogP contribution in [0.4, 0.5) is 0 Å². The summed E-state index contributed by atoms with van der Waals surface area (Å²) in [5.41, 5.74) is 3.24. The Hall–Kier alpha value is -0.160. The molecule has 3 fully saturated rings. The van der Waals surface area contributed by atoms with E-state index in [1.807, 2.05) is 7.11 Å². The van der Waals surface area contributed by atoms with Gasteiger partial charge in [0, 0.05) is 13.7 Å². The number of hydrogen-bond acceptors (Lipinski definition) is 4. The average Bonchev–Trinajstić information content (AvgIpc) is 2.99. The number of nitrogens with one attached hydrogen (secondary N) is 1. The maximum atomic E-state index is 6.25. The van der Waals surface area contributed by atoms with E-state index in [-0.39, 0.29) is 17.2 Å². The molecule has 0 bridgehead atoms. The van der Waals surface area contributed by atoms with Gasteiger partial charge in [0.25, 0.3) is 0 Å². The molecule has 122 valence electrons. The van der Waals surface area contributed by atoms with Crippen molar-refractivity contribution in [1.29, 1.82) is 0 Å². The molecule has 1 saturated heterocycles. The van der Waals surface area contributed by atoms with E-state index >= 15 is 0 Å². The van der Waals surface area contributed by atoms with E-state index in [9.17, 15) is 0 Å². The first-order valence-electron chi connectivity index (χ1n) is 8.89. The SMILES string of the molecule is COC1(C(NN)C2CCOC3(CCCCC3)C2)CCCC1. The van der Waals surface area contributed by atoms with Gasteiger partial charge in [-0.1, -0.05) is 32.1 Å². The lowest BCUT2D eigenvalue weighted by Gasteiger charge is -2.48. The second kappa shape index (κ2) is 6.53. The minimum Gasteiger partial charge on any atom is -0.377 e. The number of hydrazine groups is 1. The van der Waals surface area contributed by atoms with E-state index in [1.165, 1.54) is 44.9 Å². The minimum atomic E-state index is -0.0490. The summed E-state index contributed by atoms with van der Waals surface area (Å²) in [4.78, 5) is 0. The van der Waals surface area contributed by atoms with E-state index in [0.29, 0.717) is 5.92 Å². The Morgan fingerprint density at radius 2 is 1.76 bits per heavy atom. The van der Waals surface area contributed by atoms with Crippen molar-refractivity contribution in [3.63, 3.8) is 0 Å². The number of ether oxygens (including phenoxy) is 2. The zero-order valence-corrected chi connectivity index (χ0v) is 13.5. The van der Waals surface area contributed by atoms with Gasteiger partial charge < -0.3 is 9.47 Å². The topological polar surface area (TPSA) is 56.5 Å². The Labute approximate surface area is 129 Å². The lowest BCUT2D eigenvalue weighted by atomic mass is 9.71. The molecule has 0 radical (unpaired) electrons. The highest BCUT2D eigenvalue weighted by molar-refractivity contribution is 5.02. The normalized spacial score (nSPS) is 33.1. The van der Waals surface area contributed by atoms with Gasteiger partial charge in [0.2, 0.25) is 0 Å². The molecule has 21 heavy (non-hydrogen) atoms. The Balaban J connectivity index is 1.74. The molecule has 2 unspecified atom stereocenters. The Morgan fingerprint density at radius 1 is 1.10 bits per heavy atom. The smallest absolute Gasteiger partial charge is 0.0847 e. The van der Waals surface area contributed by atoms with Gasteiger partial charge in [0.15, 0.2) is 0 Å². The van der Waals surface area contributed by atoms with E-state index in [2.05, 4.69) is 5.43 Å². The number of rotatable bonds is 4. The lowest BCUT2D eigenvalue weighted by molar-refractivity contribution is -0.140. The van der Waals surface area contributed by atoms with Gasteiger partial charge >= 0.3 is 0 Å². The van der Waals surface area contributed by atoms with Crippen LogP contribution >= 0.6 is 0 Å². The van der Waals surface area contributed by atoms with Crippen LogP contribution in [0.5, 0.6) is 0 Å². The molecule has 3 aliphatic rings. The van der Waals surface area contributed by atoms with Crippen LogP contribution in [0.25, 0.3) is 0 Å². The molecular formula is C17H32N2O2. The number of hydrogen-bond donors (Lipinski definition) is 2. The zero-order chi connectivity index (χ0) is 14.8. The predicted molar refractivity (Wildman–Crippen MR) is 83.8 cm³/mol. The Morgan fingerprint density at radius 3 is 2.38 bits per heavy atom. The van der Waals surface area contributed by atoms with E-state index in [4.69, 9.17) is 15.3 Å². The van der Waals surface area contributed by atoms with Crippen LogP contribution in [0.3, 0.4) is 0 Å². The highest BCUT2D eigenvalue weighted by Crippen LogP contribution is 2.46. The molecule has 3 rings (SSSR count). The third-order valence-corrected chi connectivity index (χ3v) is 6.37. The minimum absolute atomic E-state index is 0.0490. The lowest BCUT2D eigenvalue weighted by Crippen LogP contribution is -2.59. The van der Waals surface area contributed by atoms with E-state index < -0.39 is 0 Å². The largest absolute Gasteiger partial charge is 0.377 e. The summed E-state index contributed by atoms with van der Waals surface area (Å²) in [5.74, 6) is 6.57. The van der Waals surface area contributed by atoms with Crippen LogP contribution in [-0.4, -0.2) is 31.0 Å². The molecule has 0 aromatic heterocycles. The summed E-state index contributed by atoms with van der Waals surface area (Å²) in [5, 5.41) is 0. The van der Waals surface area contributed by atoms with Crippen molar-refractivity contribution in [2.45, 2.75) is 87.9 Å². The first-order valence-corrected chi connectivity index (χ1v) is 8.89. The van der Waals surface area contributed by atoms with Crippen molar-refractivity contribution in [3.05, 3.63) is 0 Å². The third-order valence-electron chi connectivity index (χ3n) is 6.37. The zero-order valence-electron chi connectivity index (χ0n) is 13.5. The van der Waals surface area contributed by atoms with Gasteiger partial charge in [-0.2, -0.15) is 0 Å². The van der Waals surface area contributed by atoms with Crippen molar-refractivity contribution in [2.24, 2.45) is 11.8 Å². The summed E-state index contributed by atoms with van der Waals surface area (Å²) >= 11 is 0. The average molecular weight is 296 g/mol. The quantitative estimate of drug-likeness (QED) is 0.618. The molecule has 4 heteroatoms. The van der Waals surface area contributed by atoms with Crippen molar-refractivity contribution in [3.8, 4) is 0 Å². The summed E-state index contributed by atoms with van der Waals surface area (Å²) in [6, 6.07) is 0.271. The van der Waals surface area contributed by atoms with Crippen molar-refractivity contribution in [1.82, 2.24) is 5.43 Å². The Kier molecular flexibility index (Phi) is 4.89. The van der Waals surface area contributed by atoms with Crippen molar-refractivity contribution in [2.75, 3.05) is 13.7 Å². The van der Waals surface area contributed by atoms with Gasteiger partial charge in [0.1, 0.15) is 0 Å². The first-order chi connectivity index (χ1) is 10.2. The summed E-state index contributed by atoms with van der Waals surface area (Å²) in [7, 11) is 1.87. The fourth-order valence-corrected chi connectivity index (χ4v) is 5.23. The molecule has 4 nitrogen and oxygen atoms in total. The van der Waals surface area contributed by atoms with Gasteiger partial charge in [-0.05, 0) is 44.4 Å². The molecular weight excluding hydrogens is 264 g/mol. The molecule has 2 saturated carbocycles.